The van der Waals surface area contributed by atoms with E-state index in [0.29, 0.717) is 5.13 Å². The molecule has 1 aromatic rings. The van der Waals surface area contributed by atoms with Crippen molar-refractivity contribution in [1.82, 2.24) is 9.88 Å². The molecule has 82 valence electrons. The molecule has 0 aromatic carbocycles. The van der Waals surface area contributed by atoms with Gasteiger partial charge in [-0.15, -0.1) is 11.3 Å². The predicted molar refractivity (Wildman–Crippen MR) is 65.0 cm³/mol. The van der Waals surface area contributed by atoms with Gasteiger partial charge in [0.1, 0.15) is 0 Å². The van der Waals surface area contributed by atoms with Crippen molar-refractivity contribution in [2.24, 2.45) is 0 Å². The van der Waals surface area contributed by atoms with E-state index in [4.69, 9.17) is 5.73 Å². The summed E-state index contributed by atoms with van der Waals surface area (Å²) in [7, 11) is 0. The van der Waals surface area contributed by atoms with Gasteiger partial charge in [-0.3, -0.25) is 4.90 Å². The van der Waals surface area contributed by atoms with Gasteiger partial charge in [0, 0.05) is 31.4 Å². The van der Waals surface area contributed by atoms with Crippen molar-refractivity contribution in [3.8, 4) is 0 Å². The first-order valence-corrected chi connectivity index (χ1v) is 6.20. The van der Waals surface area contributed by atoms with Crippen LogP contribution in [0.25, 0.3) is 0 Å². The molecule has 0 radical (unpaired) electrons. The van der Waals surface area contributed by atoms with Gasteiger partial charge < -0.3 is 5.73 Å². The van der Waals surface area contributed by atoms with Crippen LogP contribution in [0.2, 0.25) is 0 Å². The summed E-state index contributed by atoms with van der Waals surface area (Å²) in [5, 5.41) is 2.74. The summed E-state index contributed by atoms with van der Waals surface area (Å²) < 4.78 is 0. The molecule has 3 nitrogen and oxygen atoms in total. The molecule has 2 rings (SSSR count). The number of anilines is 1. The van der Waals surface area contributed by atoms with Gasteiger partial charge in [-0.1, -0.05) is 11.6 Å². The number of thiazole rings is 1. The summed E-state index contributed by atoms with van der Waals surface area (Å²) >= 11 is 1.53. The second kappa shape index (κ2) is 4.77. The Morgan fingerprint density at radius 2 is 2.47 bits per heavy atom. The van der Waals surface area contributed by atoms with Crippen molar-refractivity contribution in [3.05, 3.63) is 22.7 Å². The van der Waals surface area contributed by atoms with E-state index < -0.39 is 0 Å². The number of rotatable bonds is 3. The molecular formula is C11H17N3S. The van der Waals surface area contributed by atoms with Gasteiger partial charge in [0.15, 0.2) is 5.13 Å². The van der Waals surface area contributed by atoms with Crippen LogP contribution in [0.5, 0.6) is 0 Å². The summed E-state index contributed by atoms with van der Waals surface area (Å²) in [4.78, 5) is 6.75. The topological polar surface area (TPSA) is 42.1 Å². The van der Waals surface area contributed by atoms with Crippen molar-refractivity contribution in [3.63, 3.8) is 0 Å². The zero-order valence-corrected chi connectivity index (χ0v) is 9.89. The first-order valence-electron chi connectivity index (χ1n) is 5.32. The summed E-state index contributed by atoms with van der Waals surface area (Å²) in [6, 6.07) is 0. The van der Waals surface area contributed by atoms with E-state index in [1.165, 1.54) is 29.9 Å². The maximum Gasteiger partial charge on any atom is 0.180 e. The Kier molecular flexibility index (Phi) is 3.38. The number of hydrogen-bond donors (Lipinski definition) is 1. The first-order chi connectivity index (χ1) is 7.24. The van der Waals surface area contributed by atoms with E-state index in [-0.39, 0.29) is 0 Å². The van der Waals surface area contributed by atoms with E-state index in [1.807, 2.05) is 0 Å². The molecule has 1 aliphatic heterocycles. The molecule has 0 unspecified atom stereocenters. The lowest BCUT2D eigenvalue weighted by atomic mass is 10.1. The average Bonchev–Trinajstić information content (AvgIpc) is 2.62. The van der Waals surface area contributed by atoms with E-state index in [1.54, 1.807) is 0 Å². The Hall–Kier alpha value is -0.870. The van der Waals surface area contributed by atoms with Crippen LogP contribution < -0.4 is 5.73 Å². The Labute approximate surface area is 94.6 Å². The summed E-state index contributed by atoms with van der Waals surface area (Å²) in [6.45, 7) is 5.58. The molecule has 2 heterocycles. The maximum absolute atomic E-state index is 5.59. The molecule has 1 aliphatic rings. The van der Waals surface area contributed by atoms with Gasteiger partial charge in [-0.05, 0) is 13.3 Å². The summed E-state index contributed by atoms with van der Waals surface area (Å²) in [5.74, 6) is 0. The molecule has 4 heteroatoms. The third-order valence-corrected chi connectivity index (χ3v) is 3.39. The number of nitrogens with two attached hydrogens (primary N) is 1. The fourth-order valence-electron chi connectivity index (χ4n) is 1.89. The Morgan fingerprint density at radius 1 is 1.60 bits per heavy atom. The van der Waals surface area contributed by atoms with Crippen LogP contribution >= 0.6 is 11.3 Å². The van der Waals surface area contributed by atoms with E-state index in [9.17, 15) is 0 Å². The highest BCUT2D eigenvalue weighted by atomic mass is 32.1. The molecule has 15 heavy (non-hydrogen) atoms. The zero-order chi connectivity index (χ0) is 10.7. The van der Waals surface area contributed by atoms with Crippen molar-refractivity contribution in [1.29, 1.82) is 0 Å². The van der Waals surface area contributed by atoms with E-state index in [0.717, 1.165) is 25.2 Å². The van der Waals surface area contributed by atoms with E-state index >= 15 is 0 Å². The molecule has 0 bridgehead atoms. The van der Waals surface area contributed by atoms with Gasteiger partial charge in [0.05, 0.1) is 5.69 Å². The molecule has 2 N–H and O–H groups in total. The van der Waals surface area contributed by atoms with Crippen molar-refractivity contribution in [2.45, 2.75) is 19.8 Å². The molecule has 0 saturated carbocycles. The minimum Gasteiger partial charge on any atom is -0.375 e. The zero-order valence-electron chi connectivity index (χ0n) is 9.07. The highest BCUT2D eigenvalue weighted by Crippen LogP contribution is 2.13. The molecule has 0 aliphatic carbocycles. The summed E-state index contributed by atoms with van der Waals surface area (Å²) in [6.07, 6.45) is 4.53. The standard InChI is InChI=1S/C11H17N3S/c1-9-3-2-5-14(7-9)6-4-10-8-15-11(12)13-10/h3,8H,2,4-7H2,1H3,(H2,12,13). The molecule has 0 amide bonds. The highest BCUT2D eigenvalue weighted by Gasteiger charge is 2.10. The van der Waals surface area contributed by atoms with Crippen LogP contribution in [-0.2, 0) is 6.42 Å². The Morgan fingerprint density at radius 3 is 3.13 bits per heavy atom. The van der Waals surface area contributed by atoms with Gasteiger partial charge in [-0.2, -0.15) is 0 Å². The van der Waals surface area contributed by atoms with E-state index in [2.05, 4.69) is 28.3 Å². The quantitative estimate of drug-likeness (QED) is 0.796. The van der Waals surface area contributed by atoms with Crippen molar-refractivity contribution < 1.29 is 0 Å². The van der Waals surface area contributed by atoms with Gasteiger partial charge in [-0.25, -0.2) is 4.98 Å². The normalized spacial score (nSPS) is 17.8. The largest absolute Gasteiger partial charge is 0.375 e. The van der Waals surface area contributed by atoms with Crippen LogP contribution in [-0.4, -0.2) is 29.5 Å². The SMILES string of the molecule is CC1=CCCN(CCc2csc(N)n2)C1. The lowest BCUT2D eigenvalue weighted by Gasteiger charge is -2.25. The predicted octanol–water partition coefficient (Wildman–Crippen LogP) is 1.92. The molecular weight excluding hydrogens is 206 g/mol. The third-order valence-electron chi connectivity index (χ3n) is 2.66. The number of hydrogen-bond acceptors (Lipinski definition) is 4. The second-order valence-corrected chi connectivity index (χ2v) is 4.93. The van der Waals surface area contributed by atoms with Crippen LogP contribution in [0.4, 0.5) is 5.13 Å². The maximum atomic E-state index is 5.59. The molecule has 1 aromatic heterocycles. The minimum atomic E-state index is 0.680. The summed E-state index contributed by atoms with van der Waals surface area (Å²) in [5.41, 5.74) is 8.21. The highest BCUT2D eigenvalue weighted by molar-refractivity contribution is 7.13. The van der Waals surface area contributed by atoms with Gasteiger partial charge in [0.2, 0.25) is 0 Å². The lowest BCUT2D eigenvalue weighted by Crippen LogP contribution is -2.31. The van der Waals surface area contributed by atoms with Crippen LogP contribution in [0.1, 0.15) is 19.0 Å². The average molecular weight is 223 g/mol. The molecule has 0 fully saturated rings. The van der Waals surface area contributed by atoms with Crippen LogP contribution in [0, 0.1) is 0 Å². The Bertz CT molecular complexity index is 356. The fourth-order valence-corrected chi connectivity index (χ4v) is 2.49. The number of nitrogens with zero attached hydrogens (tertiary/aromatic N) is 2. The molecule has 0 atom stereocenters. The monoisotopic (exact) mass is 223 g/mol. The molecule has 0 spiro atoms. The number of nitrogen functional groups attached to an aromatic ring is 1. The first kappa shape index (κ1) is 10.6. The van der Waals surface area contributed by atoms with Crippen LogP contribution in [0.3, 0.4) is 0 Å². The Balaban J connectivity index is 1.81. The minimum absolute atomic E-state index is 0.680. The smallest absolute Gasteiger partial charge is 0.180 e. The van der Waals surface area contributed by atoms with Crippen molar-refractivity contribution >= 4 is 16.5 Å². The van der Waals surface area contributed by atoms with Crippen LogP contribution in [0.15, 0.2) is 17.0 Å². The third kappa shape index (κ3) is 3.04. The second-order valence-electron chi connectivity index (χ2n) is 4.04. The van der Waals surface area contributed by atoms with Gasteiger partial charge >= 0.3 is 0 Å². The fraction of sp³-hybridized carbons (Fsp3) is 0.545. The molecule has 0 saturated heterocycles. The van der Waals surface area contributed by atoms with Gasteiger partial charge in [0.25, 0.3) is 0 Å². The number of aromatic nitrogens is 1. The van der Waals surface area contributed by atoms with Crippen molar-refractivity contribution in [2.75, 3.05) is 25.4 Å². The lowest BCUT2D eigenvalue weighted by molar-refractivity contribution is 0.293.